The smallest absolute Gasteiger partial charge is 0.257 e. The average molecular weight is 468 g/mol. The molecule has 1 aromatic rings. The molecule has 11 heteroatoms. The van der Waals surface area contributed by atoms with Gasteiger partial charge in [0.05, 0.1) is 16.7 Å². The van der Waals surface area contributed by atoms with Gasteiger partial charge in [-0.15, -0.1) is 0 Å². The van der Waals surface area contributed by atoms with Crippen molar-refractivity contribution in [2.45, 2.75) is 36.8 Å². The summed E-state index contributed by atoms with van der Waals surface area (Å²) >= 11 is 0. The van der Waals surface area contributed by atoms with Crippen molar-refractivity contribution in [3.05, 3.63) is 29.8 Å². The lowest BCUT2D eigenvalue weighted by atomic mass is 9.82. The number of nitrogens with zero attached hydrogens (tertiary/aromatic N) is 1. The zero-order valence-electron chi connectivity index (χ0n) is 16.6. The SMILES string of the molecule is CN(C[C@H]1CC[C@H](C#CCOS(C)(=O)=O)CC1)S(=O)(=O)c1ccc(C(F)(F)F)cc1. The second-order valence-electron chi connectivity index (χ2n) is 7.31. The molecule has 6 nitrogen and oxygen atoms in total. The van der Waals surface area contributed by atoms with Crippen molar-refractivity contribution in [3.63, 3.8) is 0 Å². The van der Waals surface area contributed by atoms with E-state index >= 15 is 0 Å². The normalized spacial score (nSPS) is 20.6. The predicted molar refractivity (Wildman–Crippen MR) is 105 cm³/mol. The van der Waals surface area contributed by atoms with Crippen LogP contribution in [0.15, 0.2) is 29.2 Å². The minimum atomic E-state index is -4.52. The van der Waals surface area contributed by atoms with Gasteiger partial charge < -0.3 is 0 Å². The maximum atomic E-state index is 12.7. The van der Waals surface area contributed by atoms with Crippen LogP contribution in [0.2, 0.25) is 0 Å². The van der Waals surface area contributed by atoms with Gasteiger partial charge in [0.15, 0.2) is 0 Å². The predicted octanol–water partition coefficient (Wildman–Crippen LogP) is 3.11. The van der Waals surface area contributed by atoms with E-state index in [-0.39, 0.29) is 29.9 Å². The maximum Gasteiger partial charge on any atom is 0.416 e. The van der Waals surface area contributed by atoms with Gasteiger partial charge in [-0.3, -0.25) is 4.18 Å². The van der Waals surface area contributed by atoms with Gasteiger partial charge in [-0.25, -0.2) is 12.7 Å². The summed E-state index contributed by atoms with van der Waals surface area (Å²) < 4.78 is 90.8. The van der Waals surface area contributed by atoms with Gasteiger partial charge in [-0.1, -0.05) is 11.8 Å². The number of alkyl halides is 3. The van der Waals surface area contributed by atoms with Gasteiger partial charge in [0.25, 0.3) is 10.1 Å². The molecule has 0 spiro atoms. The Kier molecular flexibility index (Phi) is 7.96. The number of halogens is 3. The van der Waals surface area contributed by atoms with Crippen LogP contribution < -0.4 is 0 Å². The fourth-order valence-electron chi connectivity index (χ4n) is 3.27. The molecule has 0 amide bonds. The Morgan fingerprint density at radius 3 is 2.13 bits per heavy atom. The number of benzene rings is 1. The molecular weight excluding hydrogens is 443 g/mol. The Morgan fingerprint density at radius 1 is 1.07 bits per heavy atom. The molecule has 0 radical (unpaired) electrons. The summed E-state index contributed by atoms with van der Waals surface area (Å²) in [5, 5.41) is 0. The van der Waals surface area contributed by atoms with Crippen molar-refractivity contribution in [1.82, 2.24) is 4.31 Å². The van der Waals surface area contributed by atoms with E-state index in [2.05, 4.69) is 16.0 Å². The Bertz CT molecular complexity index is 985. The molecule has 0 saturated heterocycles. The quantitative estimate of drug-likeness (QED) is 0.474. The standard InChI is InChI=1S/C19H24F3NO5S2/c1-23(30(26,27)18-11-9-17(10-12-18)19(20,21)22)14-16-7-5-15(6-8-16)4-3-13-28-29(2,24)25/h9-12,15-16H,5-8,13-14H2,1-2H3/t15-,16-. The zero-order chi connectivity index (χ0) is 22.6. The van der Waals surface area contributed by atoms with Crippen molar-refractivity contribution in [2.75, 3.05) is 26.5 Å². The van der Waals surface area contributed by atoms with Gasteiger partial charge in [-0.05, 0) is 55.9 Å². The summed E-state index contributed by atoms with van der Waals surface area (Å²) in [5.74, 6) is 5.88. The van der Waals surface area contributed by atoms with E-state index in [9.17, 15) is 30.0 Å². The summed E-state index contributed by atoms with van der Waals surface area (Å²) in [6.07, 6.45) is -0.560. The van der Waals surface area contributed by atoms with Crippen LogP contribution in [0.3, 0.4) is 0 Å². The van der Waals surface area contributed by atoms with Gasteiger partial charge in [-0.2, -0.15) is 21.6 Å². The number of hydrogen-bond acceptors (Lipinski definition) is 5. The molecule has 0 atom stereocenters. The van der Waals surface area contributed by atoms with E-state index in [1.807, 2.05) is 0 Å². The van der Waals surface area contributed by atoms with Crippen LogP contribution >= 0.6 is 0 Å². The highest BCUT2D eigenvalue weighted by molar-refractivity contribution is 7.89. The summed E-state index contributed by atoms with van der Waals surface area (Å²) in [4.78, 5) is -0.177. The monoisotopic (exact) mass is 467 g/mol. The van der Waals surface area contributed by atoms with Crippen LogP contribution in [-0.4, -0.2) is 47.6 Å². The summed E-state index contributed by atoms with van der Waals surface area (Å²) in [6, 6.07) is 3.47. The van der Waals surface area contributed by atoms with Crippen molar-refractivity contribution in [2.24, 2.45) is 11.8 Å². The Hall–Kier alpha value is -1.61. The minimum Gasteiger partial charge on any atom is -0.257 e. The van der Waals surface area contributed by atoms with Crippen LogP contribution in [0.5, 0.6) is 0 Å². The largest absolute Gasteiger partial charge is 0.416 e. The second kappa shape index (κ2) is 9.68. The first-order valence-corrected chi connectivity index (χ1v) is 12.5. The van der Waals surface area contributed by atoms with E-state index < -0.39 is 31.9 Å². The lowest BCUT2D eigenvalue weighted by molar-refractivity contribution is -0.137. The Balaban J connectivity index is 1.89. The van der Waals surface area contributed by atoms with Crippen LogP contribution in [0, 0.1) is 23.7 Å². The Morgan fingerprint density at radius 2 is 1.63 bits per heavy atom. The molecule has 30 heavy (non-hydrogen) atoms. The molecule has 1 aliphatic carbocycles. The molecule has 0 N–H and O–H groups in total. The molecule has 0 aliphatic heterocycles. The number of rotatable bonds is 6. The van der Waals surface area contributed by atoms with Crippen LogP contribution in [0.4, 0.5) is 13.2 Å². The van der Waals surface area contributed by atoms with Crippen molar-refractivity contribution >= 4 is 20.1 Å². The second-order valence-corrected chi connectivity index (χ2v) is 11.0. The Labute approximate surface area is 175 Å². The molecule has 168 valence electrons. The summed E-state index contributed by atoms with van der Waals surface area (Å²) in [5.41, 5.74) is -0.898. The molecule has 0 unspecified atom stereocenters. The van der Waals surface area contributed by atoms with Gasteiger partial charge in [0.2, 0.25) is 10.0 Å². The molecule has 0 bridgehead atoms. The molecule has 2 rings (SSSR count). The van der Waals surface area contributed by atoms with E-state index in [0.717, 1.165) is 56.2 Å². The lowest BCUT2D eigenvalue weighted by Gasteiger charge is -2.29. The van der Waals surface area contributed by atoms with E-state index in [4.69, 9.17) is 0 Å². The average Bonchev–Trinajstić information content (AvgIpc) is 2.65. The summed E-state index contributed by atoms with van der Waals surface area (Å²) in [7, 11) is -5.98. The van der Waals surface area contributed by atoms with Crippen LogP contribution in [0.25, 0.3) is 0 Å². The first-order valence-electron chi connectivity index (χ1n) is 9.25. The molecule has 1 aliphatic rings. The lowest BCUT2D eigenvalue weighted by Crippen LogP contribution is -2.33. The minimum absolute atomic E-state index is 0.0984. The molecule has 1 fully saturated rings. The zero-order valence-corrected chi connectivity index (χ0v) is 18.3. The molecule has 0 aromatic heterocycles. The van der Waals surface area contributed by atoms with Crippen molar-refractivity contribution < 1.29 is 34.2 Å². The topological polar surface area (TPSA) is 80.8 Å². The molecule has 1 saturated carbocycles. The third-order valence-corrected chi connectivity index (χ3v) is 7.29. The van der Waals surface area contributed by atoms with Crippen LogP contribution in [0.1, 0.15) is 31.2 Å². The molecule has 1 aromatic carbocycles. The first kappa shape index (κ1) is 24.7. The van der Waals surface area contributed by atoms with E-state index in [0.29, 0.717) is 0 Å². The maximum absolute atomic E-state index is 12.7. The highest BCUT2D eigenvalue weighted by Crippen LogP contribution is 2.32. The van der Waals surface area contributed by atoms with E-state index in [1.54, 1.807) is 0 Å². The number of hydrogen-bond donors (Lipinski definition) is 0. The summed E-state index contributed by atoms with van der Waals surface area (Å²) in [6.45, 7) is 0.0770. The third-order valence-electron chi connectivity index (χ3n) is 4.90. The molecular formula is C19H24F3NO5S2. The van der Waals surface area contributed by atoms with E-state index in [1.165, 1.54) is 11.4 Å². The fourth-order valence-corrected chi connectivity index (χ4v) is 4.79. The van der Waals surface area contributed by atoms with Gasteiger partial charge in [0, 0.05) is 19.5 Å². The van der Waals surface area contributed by atoms with Crippen LogP contribution in [-0.2, 0) is 30.5 Å². The number of sulfonamides is 1. The fraction of sp³-hybridized carbons (Fsp3) is 0.579. The van der Waals surface area contributed by atoms with Gasteiger partial charge in [0.1, 0.15) is 6.61 Å². The highest BCUT2D eigenvalue weighted by atomic mass is 32.2. The van der Waals surface area contributed by atoms with Gasteiger partial charge >= 0.3 is 6.18 Å². The molecule has 0 heterocycles. The highest BCUT2D eigenvalue weighted by Gasteiger charge is 2.31. The first-order chi connectivity index (χ1) is 13.8. The van der Waals surface area contributed by atoms with Crippen molar-refractivity contribution in [1.29, 1.82) is 0 Å². The third kappa shape index (κ3) is 7.27. The van der Waals surface area contributed by atoms with Crippen molar-refractivity contribution in [3.8, 4) is 11.8 Å².